The Morgan fingerprint density at radius 1 is 0.721 bits per heavy atom. The van der Waals surface area contributed by atoms with Crippen LogP contribution in [0.5, 0.6) is 0 Å². The minimum atomic E-state index is -5.29. The van der Waals surface area contributed by atoms with Crippen molar-refractivity contribution in [2.75, 3.05) is 13.2 Å². The average Bonchev–Trinajstić information content (AvgIpc) is 2.89. The van der Waals surface area contributed by atoms with Crippen molar-refractivity contribution in [3.05, 3.63) is 0 Å². The Labute approximate surface area is 242 Å². The second-order valence-corrected chi connectivity index (χ2v) is 11.7. The van der Waals surface area contributed by atoms with Crippen molar-refractivity contribution in [1.29, 1.82) is 0 Å². The highest BCUT2D eigenvalue weighted by atomic mass is 32.3. The number of nitrogens with two attached hydrogens (primary N) is 2. The Morgan fingerprint density at radius 3 is 1.86 bits per heavy atom. The summed E-state index contributed by atoms with van der Waals surface area (Å²) in [7, 11) is -10.3. The van der Waals surface area contributed by atoms with Gasteiger partial charge in [-0.25, -0.2) is 13.2 Å². The van der Waals surface area contributed by atoms with E-state index in [0.717, 1.165) is 0 Å². The van der Waals surface area contributed by atoms with Crippen LogP contribution in [0.1, 0.15) is 0 Å². The van der Waals surface area contributed by atoms with Crippen LogP contribution in [-0.4, -0.2) is 173 Å². The zero-order valence-corrected chi connectivity index (χ0v) is 23.1. The molecule has 0 spiro atoms. The van der Waals surface area contributed by atoms with E-state index >= 15 is 0 Å². The lowest BCUT2D eigenvalue weighted by atomic mass is 9.95. The highest BCUT2D eigenvalue weighted by Gasteiger charge is 2.55. The summed E-state index contributed by atoms with van der Waals surface area (Å²) >= 11 is 0. The summed E-state index contributed by atoms with van der Waals surface area (Å²) in [5, 5.41) is 71.2. The number of aliphatic hydroxyl groups is 6. The van der Waals surface area contributed by atoms with Gasteiger partial charge >= 0.3 is 26.8 Å². The lowest BCUT2D eigenvalue weighted by Gasteiger charge is -2.47. The Hall–Kier alpha value is -1.31. The molecule has 3 rings (SSSR count). The first kappa shape index (κ1) is 36.2. The van der Waals surface area contributed by atoms with Gasteiger partial charge in [0.05, 0.1) is 25.3 Å². The van der Waals surface area contributed by atoms with Crippen LogP contribution in [0, 0.1) is 0 Å². The second-order valence-electron chi connectivity index (χ2n) is 9.57. The van der Waals surface area contributed by atoms with E-state index in [1.165, 1.54) is 0 Å². The fourth-order valence-electron chi connectivity index (χ4n) is 4.49. The molecule has 0 aromatic rings. The van der Waals surface area contributed by atoms with Gasteiger partial charge in [-0.05, 0) is 0 Å². The molecule has 0 unspecified atom stereocenters. The number of hydrogen-bond acceptors (Lipinski definition) is 20. The molecule has 43 heavy (non-hydrogen) atoms. The average molecular weight is 677 g/mol. The molecule has 13 N–H and O–H groups in total. The van der Waals surface area contributed by atoms with Gasteiger partial charge in [0.15, 0.2) is 25.0 Å². The third kappa shape index (κ3) is 8.70. The van der Waals surface area contributed by atoms with Crippen molar-refractivity contribution in [2.45, 2.75) is 92.0 Å². The number of aliphatic hydroxyl groups excluding tert-OH is 6. The third-order valence-electron chi connectivity index (χ3n) is 6.63. The minimum Gasteiger partial charge on any atom is -0.479 e. The number of ether oxygens (including phenoxy) is 5. The van der Waals surface area contributed by atoms with E-state index in [1.807, 2.05) is 0 Å². The van der Waals surface area contributed by atoms with Crippen LogP contribution in [0.2, 0.25) is 0 Å². The van der Waals surface area contributed by atoms with E-state index in [1.54, 1.807) is 0 Å². The molecule has 0 amide bonds. The van der Waals surface area contributed by atoms with Crippen LogP contribution in [0.15, 0.2) is 0 Å². The number of aliphatic carboxylic acids is 1. The van der Waals surface area contributed by atoms with Crippen LogP contribution in [-0.2, 0) is 57.6 Å². The normalized spacial score (nSPS) is 44.7. The summed E-state index contributed by atoms with van der Waals surface area (Å²) in [5.41, 5.74) is 11.4. The van der Waals surface area contributed by atoms with Gasteiger partial charge in [-0.1, -0.05) is 0 Å². The zero-order chi connectivity index (χ0) is 32.6. The Kier molecular flexibility index (Phi) is 11.8. The summed E-state index contributed by atoms with van der Waals surface area (Å²) in [5.74, 6) is -1.86. The van der Waals surface area contributed by atoms with Crippen molar-refractivity contribution in [3.63, 3.8) is 0 Å². The molecule has 3 fully saturated rings. The summed E-state index contributed by atoms with van der Waals surface area (Å²) in [4.78, 5) is 12.1. The highest BCUT2D eigenvalue weighted by Crippen LogP contribution is 2.33. The van der Waals surface area contributed by atoms with Gasteiger partial charge in [0.2, 0.25) is 0 Å². The monoisotopic (exact) mass is 676 g/mol. The highest BCUT2D eigenvalue weighted by molar-refractivity contribution is 7.81. The lowest BCUT2D eigenvalue weighted by molar-refractivity contribution is -0.358. The molecule has 3 aliphatic rings. The molecule has 0 aliphatic carbocycles. The van der Waals surface area contributed by atoms with Gasteiger partial charge < -0.3 is 70.9 Å². The second kappa shape index (κ2) is 14.0. The Bertz CT molecular complexity index is 1170. The van der Waals surface area contributed by atoms with Crippen molar-refractivity contribution in [2.24, 2.45) is 11.5 Å². The zero-order valence-electron chi connectivity index (χ0n) is 21.5. The number of carboxylic acid groups (broad SMARTS) is 1. The van der Waals surface area contributed by atoms with Crippen LogP contribution < -0.4 is 11.5 Å². The third-order valence-corrected chi connectivity index (χ3v) is 7.53. The van der Waals surface area contributed by atoms with E-state index in [-0.39, 0.29) is 0 Å². The van der Waals surface area contributed by atoms with Crippen LogP contribution >= 0.6 is 0 Å². The molecular weight excluding hydrogens is 644 g/mol. The maximum Gasteiger partial charge on any atom is 0.397 e. The summed E-state index contributed by atoms with van der Waals surface area (Å²) in [6.07, 6.45) is -26.1. The molecule has 0 bridgehead atoms. The first-order chi connectivity index (χ1) is 19.8. The molecule has 3 aliphatic heterocycles. The molecule has 23 nitrogen and oxygen atoms in total. The first-order valence-corrected chi connectivity index (χ1v) is 14.8. The molecule has 0 radical (unpaired) electrons. The topological polar surface area (TPSA) is 384 Å². The van der Waals surface area contributed by atoms with Crippen LogP contribution in [0.3, 0.4) is 0 Å². The van der Waals surface area contributed by atoms with Gasteiger partial charge in [0.1, 0.15) is 54.9 Å². The number of rotatable bonds is 11. The summed E-state index contributed by atoms with van der Waals surface area (Å²) in [6, 6.07) is -3.45. The number of carbonyl (C=O) groups is 1. The van der Waals surface area contributed by atoms with Gasteiger partial charge in [-0.15, -0.1) is 0 Å². The Balaban J connectivity index is 1.83. The molecule has 15 atom stereocenters. The molecule has 0 aromatic carbocycles. The quantitative estimate of drug-likeness (QED) is 0.0905. The molecule has 252 valence electrons. The molecule has 0 saturated carbocycles. The minimum absolute atomic E-state index is 1.01. The number of hydrogen-bond donors (Lipinski definition) is 11. The summed E-state index contributed by atoms with van der Waals surface area (Å²) < 4.78 is 97.2. The van der Waals surface area contributed by atoms with Crippen molar-refractivity contribution >= 4 is 26.8 Å². The number of carboxylic acids is 1. The predicted octanol–water partition coefficient (Wildman–Crippen LogP) is -7.89. The lowest BCUT2D eigenvalue weighted by Crippen LogP contribution is -2.68. The SMILES string of the molecule is N[C@@H]1[C@@H](OS(=O)(=O)O)[C@H](O[C@@H]2O[C@H](C(=O)O)[C@@H](O[C@H]3O[C@H](COS(=O)(=O)O)[C@@H](O)[C@H](O)[C@H]3N)[C@H](O)[C@H]2O)[C@@H](CO)O[C@@H]1O. The van der Waals surface area contributed by atoms with Crippen molar-refractivity contribution in [1.82, 2.24) is 0 Å². The molecule has 3 saturated heterocycles. The molecule has 25 heteroatoms. The fourth-order valence-corrected chi connectivity index (χ4v) is 5.31. The van der Waals surface area contributed by atoms with Gasteiger partial charge in [0.25, 0.3) is 0 Å². The van der Waals surface area contributed by atoms with E-state index < -0.39 is 132 Å². The van der Waals surface area contributed by atoms with E-state index in [9.17, 15) is 57.4 Å². The van der Waals surface area contributed by atoms with Gasteiger partial charge in [-0.2, -0.15) is 16.8 Å². The predicted molar refractivity (Wildman–Crippen MR) is 127 cm³/mol. The van der Waals surface area contributed by atoms with Crippen LogP contribution in [0.4, 0.5) is 0 Å². The van der Waals surface area contributed by atoms with E-state index in [0.29, 0.717) is 0 Å². The van der Waals surface area contributed by atoms with E-state index in [4.69, 9.17) is 44.3 Å². The van der Waals surface area contributed by atoms with Crippen LogP contribution in [0.25, 0.3) is 0 Å². The maximum absolute atomic E-state index is 12.1. The molecule has 3 heterocycles. The van der Waals surface area contributed by atoms with E-state index in [2.05, 4.69) is 8.37 Å². The van der Waals surface area contributed by atoms with Crippen molar-refractivity contribution < 1.29 is 98.5 Å². The Morgan fingerprint density at radius 2 is 1.33 bits per heavy atom. The van der Waals surface area contributed by atoms with Crippen molar-refractivity contribution in [3.8, 4) is 0 Å². The van der Waals surface area contributed by atoms with Gasteiger partial charge in [0, 0.05) is 0 Å². The molecule has 0 aromatic heterocycles. The standard InChI is InChI=1S/C18H32N2O21S2/c19-5-8(23)7(22)4(2-35-42(29,30)31)37-17(5)39-13-9(24)10(25)18(40-14(13)15(26)27)38-11-3(1-21)36-16(28)6(20)12(11)41-43(32,33)34/h3-14,16-18,21-25,28H,1-2,19-20H2,(H,26,27)(H,29,30,31)(H,32,33,34)/t3-,4-,5-,6-,7-,8-,9-,10-,11-,12-,13+,14+,16+,17-,18-/m1/s1. The summed E-state index contributed by atoms with van der Waals surface area (Å²) in [6.45, 7) is -2.08. The first-order valence-electron chi connectivity index (χ1n) is 12.1. The van der Waals surface area contributed by atoms with Gasteiger partial charge in [-0.3, -0.25) is 9.11 Å². The maximum atomic E-state index is 12.1. The smallest absolute Gasteiger partial charge is 0.397 e. The fraction of sp³-hybridized carbons (Fsp3) is 0.944. The largest absolute Gasteiger partial charge is 0.479 e. The molecular formula is C18H32N2O21S2.